The molecule has 0 radical (unpaired) electrons. The topological polar surface area (TPSA) is 86.7 Å². The van der Waals surface area contributed by atoms with Gasteiger partial charge in [-0.15, -0.1) is 0 Å². The fourth-order valence-electron chi connectivity index (χ4n) is 1.28. The first kappa shape index (κ1) is 15.1. The van der Waals surface area contributed by atoms with E-state index in [0.717, 1.165) is 12.5 Å². The highest BCUT2D eigenvalue weighted by Crippen LogP contribution is 2.11. The molecule has 0 aromatic heterocycles. The number of hydrogen-bond donors (Lipinski definition) is 0. The Kier molecular flexibility index (Phi) is 4.85. The van der Waals surface area contributed by atoms with Gasteiger partial charge in [-0.1, -0.05) is 30.3 Å². The van der Waals surface area contributed by atoms with Crippen molar-refractivity contribution in [3.05, 3.63) is 35.9 Å². The summed E-state index contributed by atoms with van der Waals surface area (Å²) in [7, 11) is -7.61. The van der Waals surface area contributed by atoms with E-state index in [2.05, 4.69) is 8.37 Å². The van der Waals surface area contributed by atoms with Gasteiger partial charge in [-0.05, 0) is 5.56 Å². The lowest BCUT2D eigenvalue weighted by molar-refractivity contribution is 0.0199. The van der Waals surface area contributed by atoms with Crippen LogP contribution in [0.4, 0.5) is 0 Å². The molecular formula is C10H14O6S2. The molecule has 0 spiro atoms. The van der Waals surface area contributed by atoms with Crippen LogP contribution < -0.4 is 0 Å². The van der Waals surface area contributed by atoms with Gasteiger partial charge in [0.25, 0.3) is 20.2 Å². The Bertz CT molecular complexity index is 542. The predicted octanol–water partition coefficient (Wildman–Crippen LogP) is 0.508. The van der Waals surface area contributed by atoms with E-state index in [1.54, 1.807) is 30.3 Å². The van der Waals surface area contributed by atoms with Crippen LogP contribution in [0.25, 0.3) is 0 Å². The monoisotopic (exact) mass is 294 g/mol. The van der Waals surface area contributed by atoms with Crippen molar-refractivity contribution >= 4 is 20.2 Å². The van der Waals surface area contributed by atoms with Crippen LogP contribution in [0.2, 0.25) is 0 Å². The minimum atomic E-state index is -3.81. The molecule has 1 rings (SSSR count). The first-order valence-corrected chi connectivity index (χ1v) is 8.59. The van der Waals surface area contributed by atoms with E-state index in [0.29, 0.717) is 5.56 Å². The molecule has 0 amide bonds. The summed E-state index contributed by atoms with van der Waals surface area (Å²) >= 11 is 0. The predicted molar refractivity (Wildman–Crippen MR) is 65.8 cm³/mol. The van der Waals surface area contributed by atoms with Crippen LogP contribution in [-0.2, 0) is 35.0 Å². The lowest BCUT2D eigenvalue weighted by Crippen LogP contribution is -2.26. The van der Waals surface area contributed by atoms with Crippen LogP contribution in [0, 0.1) is 0 Å². The number of hydrogen-bond acceptors (Lipinski definition) is 6. The van der Waals surface area contributed by atoms with Gasteiger partial charge >= 0.3 is 0 Å². The first-order valence-electron chi connectivity index (χ1n) is 4.96. The van der Waals surface area contributed by atoms with Crippen LogP contribution in [0.5, 0.6) is 0 Å². The Hall–Kier alpha value is -0.960. The normalized spacial score (nSPS) is 12.8. The number of rotatable bonds is 6. The molecule has 0 aliphatic heterocycles. The van der Waals surface area contributed by atoms with Gasteiger partial charge in [0, 0.05) is 6.42 Å². The lowest BCUT2D eigenvalue weighted by Gasteiger charge is -2.15. The third-order valence-corrected chi connectivity index (χ3v) is 2.94. The maximum absolute atomic E-state index is 11.0. The van der Waals surface area contributed by atoms with E-state index in [-0.39, 0.29) is 6.42 Å². The Labute approximate surface area is 107 Å². The highest BCUT2D eigenvalue weighted by atomic mass is 32.2. The highest BCUT2D eigenvalue weighted by molar-refractivity contribution is 7.86. The zero-order chi connectivity index (χ0) is 13.8. The molecule has 0 saturated heterocycles. The quantitative estimate of drug-likeness (QED) is 0.561. The summed E-state index contributed by atoms with van der Waals surface area (Å²) in [5, 5.41) is 0. The Morgan fingerprint density at radius 3 is 1.78 bits per heavy atom. The molecule has 0 saturated carbocycles. The summed E-state index contributed by atoms with van der Waals surface area (Å²) < 4.78 is 53.3. The van der Waals surface area contributed by atoms with E-state index < -0.39 is 26.5 Å². The van der Waals surface area contributed by atoms with Crippen molar-refractivity contribution in [2.45, 2.75) is 12.7 Å². The van der Waals surface area contributed by atoms with Gasteiger partial charge in [-0.3, -0.25) is 0 Å². The molecule has 0 aliphatic carbocycles. The molecule has 0 unspecified atom stereocenters. The average molecular weight is 294 g/mol. The van der Waals surface area contributed by atoms with Crippen LogP contribution in [0.15, 0.2) is 30.3 Å². The number of benzene rings is 1. The molecule has 0 heterocycles. The van der Waals surface area contributed by atoms with E-state index in [9.17, 15) is 16.8 Å². The second-order valence-corrected chi connectivity index (χ2v) is 6.92. The summed E-state index contributed by atoms with van der Waals surface area (Å²) in [5.41, 5.74) is 0.704. The lowest BCUT2D eigenvalue weighted by atomic mass is 10.1. The third kappa shape index (κ3) is 6.70. The first-order chi connectivity index (χ1) is 8.16. The molecular weight excluding hydrogens is 280 g/mol. The molecule has 1 aromatic carbocycles. The molecule has 8 heteroatoms. The Morgan fingerprint density at radius 2 is 1.39 bits per heavy atom. The summed E-state index contributed by atoms with van der Waals surface area (Å²) in [6, 6.07) is 8.70. The van der Waals surface area contributed by atoms with Gasteiger partial charge in [-0.25, -0.2) is 8.37 Å². The van der Waals surface area contributed by atoms with Crippen LogP contribution in [0.1, 0.15) is 5.56 Å². The minimum absolute atomic E-state index is 0.0149. The van der Waals surface area contributed by atoms with Crippen molar-refractivity contribution in [2.24, 2.45) is 0 Å². The second-order valence-electron chi connectivity index (χ2n) is 3.72. The Morgan fingerprint density at radius 1 is 0.944 bits per heavy atom. The summed E-state index contributed by atoms with van der Waals surface area (Å²) in [5.74, 6) is 0. The fourth-order valence-corrected chi connectivity index (χ4v) is 2.32. The molecule has 0 N–H and O–H groups in total. The third-order valence-electron chi connectivity index (χ3n) is 1.81. The standard InChI is InChI=1S/C10H14O6S2/c1-17(11,12)15-10(16-18(2,13)14)8-9-6-4-3-5-7-9/h3-7,10H,8H2,1-2H3. The molecule has 102 valence electrons. The van der Waals surface area contributed by atoms with Crippen molar-refractivity contribution in [1.29, 1.82) is 0 Å². The molecule has 18 heavy (non-hydrogen) atoms. The zero-order valence-corrected chi connectivity index (χ0v) is 11.6. The molecule has 0 atom stereocenters. The van der Waals surface area contributed by atoms with Crippen molar-refractivity contribution < 1.29 is 25.2 Å². The van der Waals surface area contributed by atoms with E-state index in [1.807, 2.05) is 0 Å². The summed E-state index contributed by atoms with van der Waals surface area (Å²) in [6.45, 7) is 0. The van der Waals surface area contributed by atoms with Crippen molar-refractivity contribution in [3.63, 3.8) is 0 Å². The van der Waals surface area contributed by atoms with E-state index >= 15 is 0 Å². The average Bonchev–Trinajstić information content (AvgIpc) is 2.13. The summed E-state index contributed by atoms with van der Waals surface area (Å²) in [6.07, 6.45) is 0.284. The van der Waals surface area contributed by atoms with Gasteiger partial charge in [-0.2, -0.15) is 16.8 Å². The maximum atomic E-state index is 11.0. The van der Waals surface area contributed by atoms with E-state index in [1.165, 1.54) is 0 Å². The van der Waals surface area contributed by atoms with Gasteiger partial charge < -0.3 is 0 Å². The van der Waals surface area contributed by atoms with Crippen molar-refractivity contribution in [1.82, 2.24) is 0 Å². The van der Waals surface area contributed by atoms with E-state index in [4.69, 9.17) is 0 Å². The Balaban J connectivity index is 2.85. The van der Waals surface area contributed by atoms with Crippen molar-refractivity contribution in [2.75, 3.05) is 12.5 Å². The van der Waals surface area contributed by atoms with Crippen molar-refractivity contribution in [3.8, 4) is 0 Å². The maximum Gasteiger partial charge on any atom is 0.266 e. The zero-order valence-electron chi connectivity index (χ0n) is 9.94. The smallest absolute Gasteiger partial charge is 0.237 e. The summed E-state index contributed by atoms with van der Waals surface area (Å²) in [4.78, 5) is 0. The van der Waals surface area contributed by atoms with Gasteiger partial charge in [0.15, 0.2) is 6.29 Å². The SMILES string of the molecule is CS(=O)(=O)OC(Cc1ccccc1)OS(C)(=O)=O. The molecule has 0 fully saturated rings. The van der Waals surface area contributed by atoms with Crippen LogP contribution >= 0.6 is 0 Å². The molecule has 6 nitrogen and oxygen atoms in total. The molecule has 0 aliphatic rings. The second kappa shape index (κ2) is 5.79. The van der Waals surface area contributed by atoms with Crippen LogP contribution in [-0.4, -0.2) is 35.6 Å². The van der Waals surface area contributed by atoms with Gasteiger partial charge in [0.2, 0.25) is 0 Å². The van der Waals surface area contributed by atoms with Gasteiger partial charge in [0.1, 0.15) is 0 Å². The van der Waals surface area contributed by atoms with Crippen LogP contribution in [0.3, 0.4) is 0 Å². The minimum Gasteiger partial charge on any atom is -0.237 e. The molecule has 1 aromatic rings. The largest absolute Gasteiger partial charge is 0.266 e. The van der Waals surface area contributed by atoms with Gasteiger partial charge in [0.05, 0.1) is 12.5 Å². The molecule has 0 bridgehead atoms. The fraction of sp³-hybridized carbons (Fsp3) is 0.400. The highest BCUT2D eigenvalue weighted by Gasteiger charge is 2.21.